The maximum Gasteiger partial charge on any atom is 0.414 e. The van der Waals surface area contributed by atoms with Gasteiger partial charge in [-0.15, -0.1) is 0 Å². The molecule has 0 atom stereocenters. The Morgan fingerprint density at radius 1 is 1.12 bits per heavy atom. The minimum absolute atomic E-state index is 0.242. The quantitative estimate of drug-likeness (QED) is 0.660. The Bertz CT molecular complexity index is 1160. The molecule has 3 heterocycles. The number of benzene rings is 1. The van der Waals surface area contributed by atoms with Gasteiger partial charge in [0.1, 0.15) is 6.61 Å². The van der Waals surface area contributed by atoms with Crippen molar-refractivity contribution in [2.75, 3.05) is 11.5 Å². The topological polar surface area (TPSA) is 97.3 Å². The number of pyridine rings is 1. The number of carbonyl (C=O) groups excluding carboxylic acids is 2. The van der Waals surface area contributed by atoms with Gasteiger partial charge >= 0.3 is 6.09 Å². The number of hydrogen-bond acceptors (Lipinski definition) is 6. The van der Waals surface area contributed by atoms with Crippen LogP contribution >= 0.6 is 0 Å². The normalized spacial score (nSPS) is 14.9. The SMILES string of the molecule is Cc1ccc(-c2cc(C(=O)NCc3ccc(C)nn3)cc(N3C(=O)OCC3(C)C)c2)nc1. The lowest BCUT2D eigenvalue weighted by molar-refractivity contribution is 0.0950. The highest BCUT2D eigenvalue weighted by Crippen LogP contribution is 2.34. The summed E-state index contributed by atoms with van der Waals surface area (Å²) >= 11 is 0. The maximum absolute atomic E-state index is 13.0. The van der Waals surface area contributed by atoms with E-state index in [1.165, 1.54) is 0 Å². The molecule has 0 radical (unpaired) electrons. The van der Waals surface area contributed by atoms with Crippen molar-refractivity contribution in [2.45, 2.75) is 39.8 Å². The van der Waals surface area contributed by atoms with Crippen molar-refractivity contribution < 1.29 is 14.3 Å². The number of rotatable bonds is 5. The predicted octanol–water partition coefficient (Wildman–Crippen LogP) is 3.82. The number of ether oxygens (including phenoxy) is 1. The molecule has 0 spiro atoms. The fourth-order valence-corrected chi connectivity index (χ4v) is 3.52. The second kappa shape index (κ2) is 8.37. The Hall–Kier alpha value is -3.81. The largest absolute Gasteiger partial charge is 0.447 e. The van der Waals surface area contributed by atoms with Gasteiger partial charge in [-0.1, -0.05) is 6.07 Å². The molecule has 1 aromatic carbocycles. The van der Waals surface area contributed by atoms with Gasteiger partial charge in [-0.25, -0.2) is 4.79 Å². The highest BCUT2D eigenvalue weighted by Gasteiger charge is 2.41. The van der Waals surface area contributed by atoms with Crippen LogP contribution in [0.15, 0.2) is 48.7 Å². The van der Waals surface area contributed by atoms with E-state index in [4.69, 9.17) is 4.74 Å². The van der Waals surface area contributed by atoms with Gasteiger partial charge in [-0.3, -0.25) is 14.7 Å². The summed E-state index contributed by atoms with van der Waals surface area (Å²) in [6.07, 6.45) is 1.33. The van der Waals surface area contributed by atoms with Crippen LogP contribution in [-0.4, -0.2) is 39.3 Å². The van der Waals surface area contributed by atoms with E-state index in [1.807, 2.05) is 58.0 Å². The highest BCUT2D eigenvalue weighted by molar-refractivity contribution is 5.99. The van der Waals surface area contributed by atoms with Crippen molar-refractivity contribution in [2.24, 2.45) is 0 Å². The van der Waals surface area contributed by atoms with E-state index >= 15 is 0 Å². The van der Waals surface area contributed by atoms with Gasteiger partial charge in [0, 0.05) is 23.0 Å². The van der Waals surface area contributed by atoms with Crippen LogP contribution in [0.5, 0.6) is 0 Å². The third-order valence-corrected chi connectivity index (χ3v) is 5.27. The molecule has 3 aromatic rings. The van der Waals surface area contributed by atoms with Crippen molar-refractivity contribution in [1.82, 2.24) is 20.5 Å². The second-order valence-corrected chi connectivity index (χ2v) is 8.54. The van der Waals surface area contributed by atoms with Crippen LogP contribution < -0.4 is 10.2 Å². The molecule has 0 aliphatic carbocycles. The van der Waals surface area contributed by atoms with Crippen LogP contribution in [0.3, 0.4) is 0 Å². The number of nitrogens with zero attached hydrogens (tertiary/aromatic N) is 4. The van der Waals surface area contributed by atoms with Gasteiger partial charge in [0.2, 0.25) is 0 Å². The van der Waals surface area contributed by atoms with Crippen LogP contribution in [0.2, 0.25) is 0 Å². The molecule has 8 heteroatoms. The van der Waals surface area contributed by atoms with Gasteiger partial charge < -0.3 is 10.1 Å². The smallest absolute Gasteiger partial charge is 0.414 e. The molecule has 4 rings (SSSR count). The molecule has 2 aromatic heterocycles. The first-order valence-corrected chi connectivity index (χ1v) is 10.4. The van der Waals surface area contributed by atoms with E-state index in [2.05, 4.69) is 20.5 Å². The van der Waals surface area contributed by atoms with E-state index < -0.39 is 11.6 Å². The first kappa shape index (κ1) is 21.4. The zero-order valence-electron chi connectivity index (χ0n) is 18.5. The Labute approximate surface area is 186 Å². The first-order valence-electron chi connectivity index (χ1n) is 10.4. The van der Waals surface area contributed by atoms with Gasteiger partial charge in [0.15, 0.2) is 0 Å². The average Bonchev–Trinajstić information content (AvgIpc) is 3.05. The van der Waals surface area contributed by atoms with Crippen molar-refractivity contribution in [3.05, 3.63) is 71.2 Å². The van der Waals surface area contributed by atoms with E-state index in [9.17, 15) is 9.59 Å². The molecule has 1 aliphatic rings. The average molecular weight is 431 g/mol. The summed E-state index contributed by atoms with van der Waals surface area (Å²) in [5.74, 6) is -0.284. The van der Waals surface area contributed by atoms with E-state index in [-0.39, 0.29) is 19.1 Å². The van der Waals surface area contributed by atoms with Crippen LogP contribution in [0.4, 0.5) is 10.5 Å². The van der Waals surface area contributed by atoms with Crippen LogP contribution in [-0.2, 0) is 11.3 Å². The zero-order valence-corrected chi connectivity index (χ0v) is 18.5. The van der Waals surface area contributed by atoms with E-state index in [0.717, 1.165) is 16.8 Å². The molecule has 1 fully saturated rings. The van der Waals surface area contributed by atoms with Gasteiger partial charge in [0.05, 0.1) is 29.2 Å². The van der Waals surface area contributed by atoms with Crippen LogP contribution in [0.25, 0.3) is 11.3 Å². The molecule has 0 unspecified atom stereocenters. The van der Waals surface area contributed by atoms with Crippen LogP contribution in [0.1, 0.15) is 41.2 Å². The molecule has 8 nitrogen and oxygen atoms in total. The summed E-state index contributed by atoms with van der Waals surface area (Å²) in [7, 11) is 0. The predicted molar refractivity (Wildman–Crippen MR) is 120 cm³/mol. The van der Waals surface area contributed by atoms with Gasteiger partial charge in [-0.2, -0.15) is 10.2 Å². The fraction of sp³-hybridized carbons (Fsp3) is 0.292. The molecule has 0 saturated carbocycles. The molecule has 1 N–H and O–H groups in total. The van der Waals surface area contributed by atoms with Crippen molar-refractivity contribution in [3.8, 4) is 11.3 Å². The minimum atomic E-state index is -0.540. The number of cyclic esters (lactones) is 1. The highest BCUT2D eigenvalue weighted by atomic mass is 16.6. The molecule has 1 saturated heterocycles. The van der Waals surface area contributed by atoms with Crippen molar-refractivity contribution >= 4 is 17.7 Å². The molecule has 1 aliphatic heterocycles. The molecule has 32 heavy (non-hydrogen) atoms. The van der Waals surface area contributed by atoms with Crippen molar-refractivity contribution in [1.29, 1.82) is 0 Å². The summed E-state index contributed by atoms with van der Waals surface area (Å²) in [5.41, 5.74) is 4.40. The van der Waals surface area contributed by atoms with E-state index in [0.29, 0.717) is 22.6 Å². The number of amides is 2. The Morgan fingerprint density at radius 3 is 2.56 bits per heavy atom. The molecule has 164 valence electrons. The number of carbonyl (C=O) groups is 2. The standard InChI is InChI=1S/C24H25N5O3/c1-15-5-8-21(25-12-15)17-9-18(22(30)26-13-19-7-6-16(2)27-28-19)11-20(10-17)29-23(31)32-14-24(29,3)4/h5-12H,13-14H2,1-4H3,(H,26,30). The first-order chi connectivity index (χ1) is 15.2. The maximum atomic E-state index is 13.0. The Balaban J connectivity index is 1.69. The number of hydrogen-bond donors (Lipinski definition) is 1. The molecular formula is C24H25N5O3. The van der Waals surface area contributed by atoms with Crippen LogP contribution in [0, 0.1) is 13.8 Å². The third kappa shape index (κ3) is 4.44. The summed E-state index contributed by atoms with van der Waals surface area (Å²) in [6.45, 7) is 8.17. The molecule has 0 bridgehead atoms. The van der Waals surface area contributed by atoms with E-state index in [1.54, 1.807) is 23.2 Å². The minimum Gasteiger partial charge on any atom is -0.447 e. The Morgan fingerprint density at radius 2 is 1.94 bits per heavy atom. The fourth-order valence-electron chi connectivity index (χ4n) is 3.52. The third-order valence-electron chi connectivity index (χ3n) is 5.27. The second-order valence-electron chi connectivity index (χ2n) is 8.54. The summed E-state index contributed by atoms with van der Waals surface area (Å²) in [5, 5.41) is 11.0. The Kier molecular flexibility index (Phi) is 5.61. The number of aryl methyl sites for hydroxylation is 2. The monoisotopic (exact) mass is 431 g/mol. The molecular weight excluding hydrogens is 406 g/mol. The van der Waals surface area contributed by atoms with Gasteiger partial charge in [0.25, 0.3) is 5.91 Å². The number of anilines is 1. The molecule has 2 amide bonds. The summed E-state index contributed by atoms with van der Waals surface area (Å²) in [4.78, 5) is 31.6. The lowest BCUT2D eigenvalue weighted by Gasteiger charge is -2.28. The van der Waals surface area contributed by atoms with Gasteiger partial charge in [-0.05, 0) is 69.7 Å². The van der Waals surface area contributed by atoms with Crippen molar-refractivity contribution in [3.63, 3.8) is 0 Å². The number of nitrogens with one attached hydrogen (secondary N) is 1. The summed E-state index contributed by atoms with van der Waals surface area (Å²) in [6, 6.07) is 12.8. The lowest BCUT2D eigenvalue weighted by Crippen LogP contribution is -2.42. The zero-order chi connectivity index (χ0) is 22.9. The number of aromatic nitrogens is 3. The lowest BCUT2D eigenvalue weighted by atomic mass is 10.0. The summed E-state index contributed by atoms with van der Waals surface area (Å²) < 4.78 is 5.27.